The Labute approximate surface area is 84.3 Å². The molecule has 0 saturated heterocycles. The molecule has 0 aromatic carbocycles. The molecule has 0 rings (SSSR count). The van der Waals surface area contributed by atoms with Crippen LogP contribution in [-0.2, 0) is 0 Å². The zero-order chi connectivity index (χ0) is 9.94. The molecule has 1 unspecified atom stereocenters. The summed E-state index contributed by atoms with van der Waals surface area (Å²) in [6.07, 6.45) is 9.80. The lowest BCUT2D eigenvalue weighted by Gasteiger charge is -2.13. The van der Waals surface area contributed by atoms with Crippen molar-refractivity contribution in [3.05, 3.63) is 0 Å². The van der Waals surface area contributed by atoms with Gasteiger partial charge in [-0.3, -0.25) is 0 Å². The molecule has 1 N–H and O–H groups in total. The molecule has 0 saturated carbocycles. The fraction of sp³-hybridized carbons (Fsp3) is 1.00. The maximum atomic E-state index is 3.20. The first kappa shape index (κ1) is 13.0. The van der Waals surface area contributed by atoms with Gasteiger partial charge in [-0.1, -0.05) is 52.4 Å². The Bertz CT molecular complexity index is 91.1. The van der Waals surface area contributed by atoms with E-state index in [1.807, 2.05) is 7.05 Å². The fourth-order valence-corrected chi connectivity index (χ4v) is 1.78. The number of hydrogen-bond acceptors (Lipinski definition) is 1. The van der Waals surface area contributed by atoms with E-state index in [1.165, 1.54) is 51.5 Å². The molecule has 0 bridgehead atoms. The van der Waals surface area contributed by atoms with Gasteiger partial charge in [0.15, 0.2) is 0 Å². The van der Waals surface area contributed by atoms with E-state index in [0.29, 0.717) is 0 Å². The lowest BCUT2D eigenvalue weighted by molar-refractivity contribution is 0.403. The van der Waals surface area contributed by atoms with Crippen LogP contribution >= 0.6 is 0 Å². The summed E-state index contributed by atoms with van der Waals surface area (Å²) in [6, 6.07) is 0. The van der Waals surface area contributed by atoms with Crippen LogP contribution < -0.4 is 5.32 Å². The molecule has 0 amide bonds. The Kier molecular flexibility index (Phi) is 10.0. The second kappa shape index (κ2) is 10.0. The summed E-state index contributed by atoms with van der Waals surface area (Å²) in [5.41, 5.74) is 0. The molecule has 0 aliphatic rings. The number of nitrogens with one attached hydrogen (secondary N) is 1. The Morgan fingerprint density at radius 1 is 1.00 bits per heavy atom. The van der Waals surface area contributed by atoms with E-state index in [1.54, 1.807) is 0 Å². The Morgan fingerprint density at radius 2 is 1.69 bits per heavy atom. The van der Waals surface area contributed by atoms with E-state index < -0.39 is 0 Å². The van der Waals surface area contributed by atoms with Gasteiger partial charge in [-0.15, -0.1) is 0 Å². The number of hydrogen-bond donors (Lipinski definition) is 1. The summed E-state index contributed by atoms with van der Waals surface area (Å²) < 4.78 is 0. The SMILES string of the molecule is CCCCC(CC)CCCCNC. The van der Waals surface area contributed by atoms with Gasteiger partial charge in [0.25, 0.3) is 0 Å². The van der Waals surface area contributed by atoms with Gasteiger partial charge in [-0.05, 0) is 25.9 Å². The molecule has 0 heterocycles. The van der Waals surface area contributed by atoms with Crippen LogP contribution in [0.4, 0.5) is 0 Å². The molecule has 80 valence electrons. The smallest absolute Gasteiger partial charge is 0.00519 e. The molecule has 0 fully saturated rings. The van der Waals surface area contributed by atoms with Gasteiger partial charge >= 0.3 is 0 Å². The van der Waals surface area contributed by atoms with Gasteiger partial charge in [0, 0.05) is 0 Å². The van der Waals surface area contributed by atoms with Gasteiger partial charge in [0.05, 0.1) is 0 Å². The van der Waals surface area contributed by atoms with Gasteiger partial charge in [0.2, 0.25) is 0 Å². The van der Waals surface area contributed by atoms with Crippen molar-refractivity contribution in [2.45, 2.75) is 58.8 Å². The normalized spacial score (nSPS) is 13.2. The van der Waals surface area contributed by atoms with Crippen molar-refractivity contribution in [3.63, 3.8) is 0 Å². The molecule has 0 aromatic rings. The fourth-order valence-electron chi connectivity index (χ4n) is 1.78. The van der Waals surface area contributed by atoms with E-state index in [2.05, 4.69) is 19.2 Å². The van der Waals surface area contributed by atoms with Crippen LogP contribution in [0, 0.1) is 5.92 Å². The predicted octanol–water partition coefficient (Wildman–Crippen LogP) is 3.59. The van der Waals surface area contributed by atoms with Crippen molar-refractivity contribution in [3.8, 4) is 0 Å². The lowest BCUT2D eigenvalue weighted by Crippen LogP contribution is -2.08. The Morgan fingerprint density at radius 3 is 2.23 bits per heavy atom. The van der Waals surface area contributed by atoms with E-state index >= 15 is 0 Å². The highest BCUT2D eigenvalue weighted by Crippen LogP contribution is 2.18. The maximum Gasteiger partial charge on any atom is -0.00519 e. The van der Waals surface area contributed by atoms with E-state index in [-0.39, 0.29) is 0 Å². The molecule has 0 aliphatic heterocycles. The third-order valence-corrected chi connectivity index (χ3v) is 2.83. The third-order valence-electron chi connectivity index (χ3n) is 2.83. The summed E-state index contributed by atoms with van der Waals surface area (Å²) in [4.78, 5) is 0. The molecule has 0 radical (unpaired) electrons. The first-order chi connectivity index (χ1) is 6.35. The minimum Gasteiger partial charge on any atom is -0.320 e. The predicted molar refractivity (Wildman–Crippen MR) is 61.1 cm³/mol. The van der Waals surface area contributed by atoms with Crippen LogP contribution in [0.2, 0.25) is 0 Å². The van der Waals surface area contributed by atoms with Gasteiger partial charge in [0.1, 0.15) is 0 Å². The highest BCUT2D eigenvalue weighted by Gasteiger charge is 2.04. The van der Waals surface area contributed by atoms with Gasteiger partial charge < -0.3 is 5.32 Å². The first-order valence-corrected chi connectivity index (χ1v) is 5.99. The van der Waals surface area contributed by atoms with Crippen molar-refractivity contribution in [1.29, 1.82) is 0 Å². The molecule has 0 aromatic heterocycles. The third kappa shape index (κ3) is 8.29. The minimum atomic E-state index is 0.997. The average molecular weight is 185 g/mol. The van der Waals surface area contributed by atoms with Crippen molar-refractivity contribution in [2.24, 2.45) is 5.92 Å². The topological polar surface area (TPSA) is 12.0 Å². The molecule has 0 spiro atoms. The van der Waals surface area contributed by atoms with E-state index in [4.69, 9.17) is 0 Å². The average Bonchev–Trinajstić information content (AvgIpc) is 2.17. The van der Waals surface area contributed by atoms with Crippen LogP contribution in [-0.4, -0.2) is 13.6 Å². The van der Waals surface area contributed by atoms with Crippen molar-refractivity contribution >= 4 is 0 Å². The lowest BCUT2D eigenvalue weighted by atomic mass is 9.94. The zero-order valence-electron chi connectivity index (χ0n) is 9.73. The molecule has 1 heteroatoms. The van der Waals surface area contributed by atoms with E-state index in [9.17, 15) is 0 Å². The zero-order valence-corrected chi connectivity index (χ0v) is 9.73. The van der Waals surface area contributed by atoms with Gasteiger partial charge in [-0.2, -0.15) is 0 Å². The molecule has 13 heavy (non-hydrogen) atoms. The van der Waals surface area contributed by atoms with Crippen LogP contribution in [0.25, 0.3) is 0 Å². The summed E-state index contributed by atoms with van der Waals surface area (Å²) in [7, 11) is 2.04. The standard InChI is InChI=1S/C12H27N/c1-4-6-9-12(5-2)10-7-8-11-13-3/h12-13H,4-11H2,1-3H3. The second-order valence-electron chi connectivity index (χ2n) is 4.02. The van der Waals surface area contributed by atoms with Crippen LogP contribution in [0.1, 0.15) is 58.8 Å². The largest absolute Gasteiger partial charge is 0.320 e. The van der Waals surface area contributed by atoms with E-state index in [0.717, 1.165) is 5.92 Å². The van der Waals surface area contributed by atoms with Gasteiger partial charge in [-0.25, -0.2) is 0 Å². The molecule has 1 nitrogen and oxygen atoms in total. The summed E-state index contributed by atoms with van der Waals surface area (Å²) in [5.74, 6) is 0.997. The van der Waals surface area contributed by atoms with Crippen LogP contribution in [0.3, 0.4) is 0 Å². The highest BCUT2D eigenvalue weighted by molar-refractivity contribution is 4.58. The van der Waals surface area contributed by atoms with Crippen LogP contribution in [0.15, 0.2) is 0 Å². The molecule has 1 atom stereocenters. The minimum absolute atomic E-state index is 0.997. The summed E-state index contributed by atoms with van der Waals surface area (Å²) >= 11 is 0. The Hall–Kier alpha value is -0.0400. The number of rotatable bonds is 9. The maximum absolute atomic E-state index is 3.20. The quantitative estimate of drug-likeness (QED) is 0.541. The highest BCUT2D eigenvalue weighted by atomic mass is 14.8. The van der Waals surface area contributed by atoms with Crippen molar-refractivity contribution in [1.82, 2.24) is 5.32 Å². The number of unbranched alkanes of at least 4 members (excludes halogenated alkanes) is 2. The molecule has 0 aliphatic carbocycles. The second-order valence-corrected chi connectivity index (χ2v) is 4.02. The molecular formula is C12H27N. The van der Waals surface area contributed by atoms with Crippen molar-refractivity contribution < 1.29 is 0 Å². The van der Waals surface area contributed by atoms with Crippen LogP contribution in [0.5, 0.6) is 0 Å². The van der Waals surface area contributed by atoms with Crippen molar-refractivity contribution in [2.75, 3.05) is 13.6 Å². The monoisotopic (exact) mass is 185 g/mol. The molecular weight excluding hydrogens is 158 g/mol. The summed E-state index contributed by atoms with van der Waals surface area (Å²) in [5, 5.41) is 3.20. The Balaban J connectivity index is 3.25. The summed E-state index contributed by atoms with van der Waals surface area (Å²) in [6.45, 7) is 5.80. The first-order valence-electron chi connectivity index (χ1n) is 5.99.